The number of nitrogens with zero attached hydrogens (tertiary/aromatic N) is 3. The molecular formula is C15H16N6. The highest BCUT2D eigenvalue weighted by atomic mass is 15.2. The largest absolute Gasteiger partial charge is 0.381 e. The third-order valence-electron chi connectivity index (χ3n) is 3.29. The number of hydrogen-bond donors (Lipinski definition) is 3. The molecule has 0 saturated heterocycles. The summed E-state index contributed by atoms with van der Waals surface area (Å²) in [7, 11) is 0. The third kappa shape index (κ3) is 2.32. The molecule has 0 unspecified atom stereocenters. The second kappa shape index (κ2) is 5.26. The first-order chi connectivity index (χ1) is 10.2. The molecule has 21 heavy (non-hydrogen) atoms. The van der Waals surface area contributed by atoms with E-state index in [1.165, 1.54) is 0 Å². The van der Waals surface area contributed by atoms with Gasteiger partial charge in [0, 0.05) is 18.0 Å². The highest BCUT2D eigenvalue weighted by molar-refractivity contribution is 5.72. The Morgan fingerprint density at radius 2 is 2.05 bits per heavy atom. The van der Waals surface area contributed by atoms with Gasteiger partial charge in [-0.1, -0.05) is 30.3 Å². The summed E-state index contributed by atoms with van der Waals surface area (Å²) in [6.07, 6.45) is 5.39. The van der Waals surface area contributed by atoms with Crippen molar-refractivity contribution in [3.05, 3.63) is 54.6 Å². The summed E-state index contributed by atoms with van der Waals surface area (Å²) in [4.78, 5) is 8.75. The van der Waals surface area contributed by atoms with Crippen molar-refractivity contribution < 1.29 is 0 Å². The van der Waals surface area contributed by atoms with E-state index in [2.05, 4.69) is 15.4 Å². The molecule has 3 aromatic rings. The predicted molar refractivity (Wildman–Crippen MR) is 83.8 cm³/mol. The first-order valence-electron chi connectivity index (χ1n) is 6.53. The Labute approximate surface area is 122 Å². The van der Waals surface area contributed by atoms with Gasteiger partial charge in [-0.15, -0.1) is 0 Å². The van der Waals surface area contributed by atoms with Gasteiger partial charge in [0.25, 0.3) is 0 Å². The summed E-state index contributed by atoms with van der Waals surface area (Å²) in [6, 6.07) is 9.89. The lowest BCUT2D eigenvalue weighted by molar-refractivity contribution is 0.965. The molecule has 0 aliphatic carbocycles. The monoisotopic (exact) mass is 280 g/mol. The fraction of sp³-hybridized carbons (Fsp3) is 0.0667. The molecule has 6 nitrogen and oxygen atoms in total. The lowest BCUT2D eigenvalue weighted by Crippen LogP contribution is -2.14. The fourth-order valence-electron chi connectivity index (χ4n) is 2.25. The third-order valence-corrected chi connectivity index (χ3v) is 3.29. The Morgan fingerprint density at radius 1 is 1.29 bits per heavy atom. The number of imidazole rings is 1. The number of benzene rings is 1. The van der Waals surface area contributed by atoms with E-state index >= 15 is 0 Å². The van der Waals surface area contributed by atoms with E-state index in [0.717, 1.165) is 22.5 Å². The van der Waals surface area contributed by atoms with Crippen LogP contribution in [0.1, 0.15) is 12.6 Å². The van der Waals surface area contributed by atoms with Gasteiger partial charge in [0.05, 0.1) is 17.6 Å². The zero-order valence-corrected chi connectivity index (χ0v) is 11.6. The number of nitrogens with one attached hydrogen (secondary N) is 1. The van der Waals surface area contributed by atoms with Gasteiger partial charge in [-0.05, 0) is 12.5 Å². The van der Waals surface area contributed by atoms with Crippen molar-refractivity contribution in [1.29, 1.82) is 0 Å². The van der Waals surface area contributed by atoms with Crippen molar-refractivity contribution >= 4 is 17.0 Å². The molecule has 106 valence electrons. The molecule has 0 radical (unpaired) electrons. The van der Waals surface area contributed by atoms with Crippen LogP contribution in [0.2, 0.25) is 0 Å². The van der Waals surface area contributed by atoms with Crippen molar-refractivity contribution in [3.8, 4) is 11.3 Å². The Kier molecular flexibility index (Phi) is 3.29. The number of hydrogen-bond acceptors (Lipinski definition) is 5. The first kappa shape index (κ1) is 13.1. The Hall–Kier alpha value is -2.86. The van der Waals surface area contributed by atoms with Crippen molar-refractivity contribution in [2.45, 2.75) is 6.92 Å². The van der Waals surface area contributed by atoms with E-state index in [-0.39, 0.29) is 0 Å². The van der Waals surface area contributed by atoms with E-state index in [0.29, 0.717) is 11.5 Å². The van der Waals surface area contributed by atoms with E-state index in [4.69, 9.17) is 11.6 Å². The number of anilines is 1. The van der Waals surface area contributed by atoms with Crippen LogP contribution in [0.25, 0.3) is 22.5 Å². The highest BCUT2D eigenvalue weighted by Gasteiger charge is 2.11. The number of rotatable bonds is 3. The average molecular weight is 280 g/mol. The Bertz CT molecular complexity index is 804. The maximum Gasteiger partial charge on any atom is 0.180 e. The average Bonchev–Trinajstić information content (AvgIpc) is 2.93. The van der Waals surface area contributed by atoms with Crippen LogP contribution in [0.15, 0.2) is 48.9 Å². The van der Waals surface area contributed by atoms with Gasteiger partial charge >= 0.3 is 0 Å². The zero-order valence-electron chi connectivity index (χ0n) is 11.6. The number of fused-ring (bicyclic) bond motifs is 1. The van der Waals surface area contributed by atoms with Crippen LogP contribution in [0.4, 0.5) is 5.82 Å². The van der Waals surface area contributed by atoms with E-state index in [1.807, 2.05) is 47.9 Å². The van der Waals surface area contributed by atoms with Gasteiger partial charge in [-0.2, -0.15) is 0 Å². The summed E-state index contributed by atoms with van der Waals surface area (Å²) < 4.78 is 1.92. The topological polar surface area (TPSA) is 94.3 Å². The zero-order chi connectivity index (χ0) is 14.8. The summed E-state index contributed by atoms with van der Waals surface area (Å²) >= 11 is 0. The summed E-state index contributed by atoms with van der Waals surface area (Å²) in [5.74, 6) is 5.74. The summed E-state index contributed by atoms with van der Waals surface area (Å²) in [6.45, 7) is 1.95. The lowest BCUT2D eigenvalue weighted by atomic mass is 10.1. The molecular weight excluding hydrogens is 264 g/mol. The quantitative estimate of drug-likeness (QED) is 0.502. The van der Waals surface area contributed by atoms with Gasteiger partial charge in [0.1, 0.15) is 0 Å². The molecule has 0 bridgehead atoms. The Morgan fingerprint density at radius 3 is 2.76 bits per heavy atom. The molecule has 0 saturated carbocycles. The minimum Gasteiger partial charge on any atom is -0.381 e. The molecule has 6 heteroatoms. The van der Waals surface area contributed by atoms with Crippen LogP contribution >= 0.6 is 0 Å². The molecule has 0 aliphatic rings. The van der Waals surface area contributed by atoms with Crippen molar-refractivity contribution in [2.75, 3.05) is 5.73 Å². The summed E-state index contributed by atoms with van der Waals surface area (Å²) in [5.41, 5.74) is 12.9. The first-order valence-corrected chi connectivity index (χ1v) is 6.53. The van der Waals surface area contributed by atoms with Crippen molar-refractivity contribution in [2.24, 2.45) is 5.84 Å². The number of allylic oxidation sites excluding steroid dienone is 1. The summed E-state index contributed by atoms with van der Waals surface area (Å²) in [5, 5.41) is 0. The molecule has 0 amide bonds. The van der Waals surface area contributed by atoms with Gasteiger partial charge in [-0.3, -0.25) is 10.2 Å². The highest BCUT2D eigenvalue weighted by Crippen LogP contribution is 2.23. The smallest absolute Gasteiger partial charge is 0.180 e. The SMILES string of the molecule is C/C(=C\NN)c1cnc2c(N)nc(-c3ccccc3)cn12. The molecule has 5 N–H and O–H groups in total. The number of hydrazine groups is 1. The lowest BCUT2D eigenvalue weighted by Gasteiger charge is -2.07. The maximum absolute atomic E-state index is 6.03. The number of aromatic nitrogens is 3. The second-order valence-electron chi connectivity index (χ2n) is 4.71. The van der Waals surface area contributed by atoms with Gasteiger partial charge in [0.2, 0.25) is 0 Å². The van der Waals surface area contributed by atoms with Crippen LogP contribution in [0, 0.1) is 0 Å². The number of nitrogen functional groups attached to an aromatic ring is 1. The maximum atomic E-state index is 6.03. The van der Waals surface area contributed by atoms with Crippen molar-refractivity contribution in [3.63, 3.8) is 0 Å². The molecule has 0 aliphatic heterocycles. The predicted octanol–water partition coefficient (Wildman–Crippen LogP) is 1.80. The molecule has 3 rings (SSSR count). The molecule has 0 fully saturated rings. The van der Waals surface area contributed by atoms with Crippen molar-refractivity contribution in [1.82, 2.24) is 19.8 Å². The van der Waals surface area contributed by atoms with Crippen LogP contribution < -0.4 is 17.0 Å². The minimum atomic E-state index is 0.399. The number of nitrogens with two attached hydrogens (primary N) is 2. The van der Waals surface area contributed by atoms with Crippen LogP contribution in [-0.4, -0.2) is 14.4 Å². The van der Waals surface area contributed by atoms with Crippen LogP contribution in [0.5, 0.6) is 0 Å². The Balaban J connectivity index is 2.22. The fourth-order valence-corrected chi connectivity index (χ4v) is 2.25. The molecule has 0 atom stereocenters. The molecule has 2 aromatic heterocycles. The van der Waals surface area contributed by atoms with E-state index < -0.39 is 0 Å². The van der Waals surface area contributed by atoms with Crippen LogP contribution in [-0.2, 0) is 0 Å². The molecule has 2 heterocycles. The van der Waals surface area contributed by atoms with Gasteiger partial charge in [-0.25, -0.2) is 9.97 Å². The van der Waals surface area contributed by atoms with E-state index in [1.54, 1.807) is 12.4 Å². The standard InChI is InChI=1S/C15H16N6/c1-10(7-19-17)13-8-18-15-14(16)20-12(9-21(13)15)11-5-3-2-4-6-11/h2-9,19H,17H2,1H3,(H2,16,20)/b10-7+. The van der Waals surface area contributed by atoms with E-state index in [9.17, 15) is 0 Å². The second-order valence-corrected chi connectivity index (χ2v) is 4.71. The van der Waals surface area contributed by atoms with Gasteiger partial charge in [0.15, 0.2) is 11.5 Å². The molecule has 0 spiro atoms. The molecule has 1 aromatic carbocycles. The minimum absolute atomic E-state index is 0.399. The van der Waals surface area contributed by atoms with Gasteiger partial charge < -0.3 is 11.2 Å². The normalized spacial score (nSPS) is 11.8. The van der Waals surface area contributed by atoms with Crippen LogP contribution in [0.3, 0.4) is 0 Å².